The average molecular weight is 244 g/mol. The molecule has 1 heterocycles. The zero-order valence-corrected chi connectivity index (χ0v) is 11.5. The van der Waals surface area contributed by atoms with E-state index in [0.29, 0.717) is 5.92 Å². The van der Waals surface area contributed by atoms with Crippen LogP contribution < -0.4 is 5.32 Å². The van der Waals surface area contributed by atoms with Gasteiger partial charge in [0.05, 0.1) is 0 Å². The first kappa shape index (κ1) is 13.3. The van der Waals surface area contributed by atoms with Crippen molar-refractivity contribution in [1.82, 2.24) is 10.2 Å². The SMILES string of the molecule is CNCC(C)c1ccc(CN2CC=CCC2)cc1. The van der Waals surface area contributed by atoms with Crippen LogP contribution in [0.15, 0.2) is 36.4 Å². The molecule has 98 valence electrons. The molecular formula is C16H24N2. The molecule has 0 radical (unpaired) electrons. The third-order valence-electron chi connectivity index (χ3n) is 3.61. The van der Waals surface area contributed by atoms with Gasteiger partial charge in [-0.2, -0.15) is 0 Å². The van der Waals surface area contributed by atoms with Gasteiger partial charge in [-0.3, -0.25) is 4.90 Å². The third-order valence-corrected chi connectivity index (χ3v) is 3.61. The van der Waals surface area contributed by atoms with E-state index in [0.717, 1.165) is 19.6 Å². The highest BCUT2D eigenvalue weighted by Crippen LogP contribution is 2.16. The Morgan fingerprint density at radius 3 is 2.61 bits per heavy atom. The highest BCUT2D eigenvalue weighted by atomic mass is 15.1. The highest BCUT2D eigenvalue weighted by molar-refractivity contribution is 5.25. The fraction of sp³-hybridized carbons (Fsp3) is 0.500. The van der Waals surface area contributed by atoms with Crippen LogP contribution in [0.3, 0.4) is 0 Å². The normalized spacial score (nSPS) is 17.9. The monoisotopic (exact) mass is 244 g/mol. The van der Waals surface area contributed by atoms with Crippen LogP contribution in [0.4, 0.5) is 0 Å². The van der Waals surface area contributed by atoms with E-state index in [1.165, 1.54) is 24.1 Å². The molecule has 1 unspecified atom stereocenters. The largest absolute Gasteiger partial charge is 0.319 e. The summed E-state index contributed by atoms with van der Waals surface area (Å²) in [4.78, 5) is 2.49. The van der Waals surface area contributed by atoms with Crippen LogP contribution in [0, 0.1) is 0 Å². The first-order valence-corrected chi connectivity index (χ1v) is 6.90. The smallest absolute Gasteiger partial charge is 0.0237 e. The molecule has 2 rings (SSSR count). The van der Waals surface area contributed by atoms with Crippen LogP contribution in [0.1, 0.15) is 30.4 Å². The molecule has 0 aliphatic carbocycles. The van der Waals surface area contributed by atoms with E-state index in [4.69, 9.17) is 0 Å². The second-order valence-corrected chi connectivity index (χ2v) is 5.20. The lowest BCUT2D eigenvalue weighted by Crippen LogP contribution is -2.26. The summed E-state index contributed by atoms with van der Waals surface area (Å²) in [5.41, 5.74) is 2.84. The lowest BCUT2D eigenvalue weighted by molar-refractivity contribution is 0.290. The van der Waals surface area contributed by atoms with Crippen molar-refractivity contribution in [2.45, 2.75) is 25.8 Å². The Hall–Kier alpha value is -1.12. The molecule has 2 heteroatoms. The van der Waals surface area contributed by atoms with Crippen molar-refractivity contribution in [1.29, 1.82) is 0 Å². The predicted octanol–water partition coefficient (Wildman–Crippen LogP) is 2.77. The zero-order chi connectivity index (χ0) is 12.8. The molecule has 0 aromatic heterocycles. The lowest BCUT2D eigenvalue weighted by Gasteiger charge is -2.23. The van der Waals surface area contributed by atoms with E-state index in [1.54, 1.807) is 0 Å². The molecule has 0 bridgehead atoms. The van der Waals surface area contributed by atoms with E-state index in [1.807, 2.05) is 7.05 Å². The Bertz CT molecular complexity index is 381. The van der Waals surface area contributed by atoms with Crippen LogP contribution in [0.5, 0.6) is 0 Å². The minimum atomic E-state index is 0.585. The molecule has 0 fully saturated rings. The number of rotatable bonds is 5. The van der Waals surface area contributed by atoms with Gasteiger partial charge in [-0.05, 0) is 30.5 Å². The summed E-state index contributed by atoms with van der Waals surface area (Å²) in [6.45, 7) is 6.66. The molecule has 1 aliphatic heterocycles. The Morgan fingerprint density at radius 2 is 2.00 bits per heavy atom. The lowest BCUT2D eigenvalue weighted by atomic mass is 9.99. The summed E-state index contributed by atoms with van der Waals surface area (Å²) in [6.07, 6.45) is 5.74. The van der Waals surface area contributed by atoms with Crippen molar-refractivity contribution in [2.24, 2.45) is 0 Å². The Balaban J connectivity index is 1.92. The molecule has 1 aromatic carbocycles. The topological polar surface area (TPSA) is 15.3 Å². The standard InChI is InChI=1S/C16H24N2/c1-14(12-17-2)16-8-6-15(7-9-16)13-18-10-4-3-5-11-18/h3-4,6-9,14,17H,5,10-13H2,1-2H3. The maximum absolute atomic E-state index is 3.23. The van der Waals surface area contributed by atoms with Gasteiger partial charge in [0.25, 0.3) is 0 Å². The van der Waals surface area contributed by atoms with Gasteiger partial charge in [0, 0.05) is 26.2 Å². The van der Waals surface area contributed by atoms with E-state index in [-0.39, 0.29) is 0 Å². The number of nitrogens with zero attached hydrogens (tertiary/aromatic N) is 1. The first-order valence-electron chi connectivity index (χ1n) is 6.90. The molecule has 1 N–H and O–H groups in total. The van der Waals surface area contributed by atoms with Crippen LogP contribution in [-0.2, 0) is 6.54 Å². The Kier molecular flexibility index (Phi) is 4.97. The maximum Gasteiger partial charge on any atom is 0.0237 e. The molecule has 0 amide bonds. The Morgan fingerprint density at radius 1 is 1.22 bits per heavy atom. The van der Waals surface area contributed by atoms with Gasteiger partial charge in [0.1, 0.15) is 0 Å². The minimum absolute atomic E-state index is 0.585. The number of likely N-dealkylation sites (N-methyl/N-ethyl adjacent to an activating group) is 1. The van der Waals surface area contributed by atoms with Crippen molar-refractivity contribution in [3.63, 3.8) is 0 Å². The number of hydrogen-bond acceptors (Lipinski definition) is 2. The third kappa shape index (κ3) is 3.69. The van der Waals surface area contributed by atoms with Crippen LogP contribution in [0.25, 0.3) is 0 Å². The average Bonchev–Trinajstić information content (AvgIpc) is 2.41. The number of benzene rings is 1. The Labute approximate surface area is 111 Å². The second-order valence-electron chi connectivity index (χ2n) is 5.20. The van der Waals surface area contributed by atoms with Crippen molar-refractivity contribution in [2.75, 3.05) is 26.7 Å². The summed E-state index contributed by atoms with van der Waals surface area (Å²) in [7, 11) is 2.01. The van der Waals surface area contributed by atoms with Crippen molar-refractivity contribution in [3.8, 4) is 0 Å². The molecule has 2 nitrogen and oxygen atoms in total. The fourth-order valence-corrected chi connectivity index (χ4v) is 2.47. The van der Waals surface area contributed by atoms with Gasteiger partial charge >= 0.3 is 0 Å². The highest BCUT2D eigenvalue weighted by Gasteiger charge is 2.08. The molecule has 1 aliphatic rings. The molecule has 1 aromatic rings. The molecule has 0 saturated carbocycles. The molecule has 0 saturated heterocycles. The fourth-order valence-electron chi connectivity index (χ4n) is 2.47. The zero-order valence-electron chi connectivity index (χ0n) is 11.5. The van der Waals surface area contributed by atoms with Crippen molar-refractivity contribution >= 4 is 0 Å². The van der Waals surface area contributed by atoms with E-state index < -0.39 is 0 Å². The van der Waals surface area contributed by atoms with Crippen molar-refractivity contribution < 1.29 is 0 Å². The van der Waals surface area contributed by atoms with E-state index in [9.17, 15) is 0 Å². The van der Waals surface area contributed by atoms with Gasteiger partial charge in [-0.1, -0.05) is 43.3 Å². The van der Waals surface area contributed by atoms with Gasteiger partial charge in [-0.15, -0.1) is 0 Å². The summed E-state index contributed by atoms with van der Waals surface area (Å²) in [5.74, 6) is 0.585. The molecular weight excluding hydrogens is 220 g/mol. The van der Waals surface area contributed by atoms with Gasteiger partial charge in [-0.25, -0.2) is 0 Å². The quantitative estimate of drug-likeness (QED) is 0.801. The maximum atomic E-state index is 3.23. The van der Waals surface area contributed by atoms with Crippen LogP contribution >= 0.6 is 0 Å². The number of nitrogens with one attached hydrogen (secondary N) is 1. The first-order chi connectivity index (χ1) is 8.79. The summed E-state index contributed by atoms with van der Waals surface area (Å²) < 4.78 is 0. The molecule has 0 spiro atoms. The van der Waals surface area contributed by atoms with Crippen LogP contribution in [-0.4, -0.2) is 31.6 Å². The van der Waals surface area contributed by atoms with Gasteiger partial charge in [0.15, 0.2) is 0 Å². The summed E-state index contributed by atoms with van der Waals surface area (Å²) in [5, 5.41) is 3.23. The predicted molar refractivity (Wildman–Crippen MR) is 77.8 cm³/mol. The summed E-state index contributed by atoms with van der Waals surface area (Å²) >= 11 is 0. The molecule has 18 heavy (non-hydrogen) atoms. The second kappa shape index (κ2) is 6.72. The van der Waals surface area contributed by atoms with E-state index >= 15 is 0 Å². The molecule has 1 atom stereocenters. The van der Waals surface area contributed by atoms with Gasteiger partial charge in [0.2, 0.25) is 0 Å². The van der Waals surface area contributed by atoms with Gasteiger partial charge < -0.3 is 5.32 Å². The van der Waals surface area contributed by atoms with Crippen LogP contribution in [0.2, 0.25) is 0 Å². The van der Waals surface area contributed by atoms with E-state index in [2.05, 4.69) is 53.6 Å². The van der Waals surface area contributed by atoms with Crippen molar-refractivity contribution in [3.05, 3.63) is 47.5 Å². The number of hydrogen-bond donors (Lipinski definition) is 1. The minimum Gasteiger partial charge on any atom is -0.319 e. The summed E-state index contributed by atoms with van der Waals surface area (Å²) in [6, 6.07) is 9.11.